The molecule has 0 bridgehead atoms. The Balaban J connectivity index is 3.26. The van der Waals surface area contributed by atoms with Crippen molar-refractivity contribution in [2.75, 3.05) is 11.4 Å². The second-order valence-electron chi connectivity index (χ2n) is 4.40. The Hall–Kier alpha value is -1.09. The third-order valence-electron chi connectivity index (χ3n) is 3.22. The van der Waals surface area contributed by atoms with Crippen LogP contribution in [-0.2, 0) is 0 Å². The van der Waals surface area contributed by atoms with Crippen LogP contribution in [0.25, 0.3) is 0 Å². The van der Waals surface area contributed by atoms with Crippen molar-refractivity contribution in [3.8, 4) is 0 Å². The smallest absolute Gasteiger partial charge is 0.146 e. The van der Waals surface area contributed by atoms with Crippen LogP contribution in [0.3, 0.4) is 0 Å². The molecule has 0 radical (unpaired) electrons. The van der Waals surface area contributed by atoms with E-state index in [1.165, 1.54) is 6.07 Å². The van der Waals surface area contributed by atoms with Crippen molar-refractivity contribution in [1.82, 2.24) is 0 Å². The second kappa shape index (κ2) is 6.01. The maximum Gasteiger partial charge on any atom is 0.146 e. The highest BCUT2D eigenvalue weighted by molar-refractivity contribution is 5.56. The van der Waals surface area contributed by atoms with Gasteiger partial charge in [-0.2, -0.15) is 0 Å². The number of anilines is 1. The van der Waals surface area contributed by atoms with Gasteiger partial charge in [-0.1, -0.05) is 19.1 Å². The van der Waals surface area contributed by atoms with E-state index in [1.807, 2.05) is 11.8 Å². The summed E-state index contributed by atoms with van der Waals surface area (Å²) in [5.41, 5.74) is 1.20. The molecule has 2 atom stereocenters. The van der Waals surface area contributed by atoms with Gasteiger partial charge in [-0.05, 0) is 33.3 Å². The summed E-state index contributed by atoms with van der Waals surface area (Å²) in [5, 5.41) is 9.73. The number of aliphatic hydroxyl groups is 1. The lowest BCUT2D eigenvalue weighted by atomic mass is 10.0. The van der Waals surface area contributed by atoms with E-state index in [4.69, 9.17) is 0 Å². The number of para-hydroxylation sites is 1. The highest BCUT2D eigenvalue weighted by Crippen LogP contribution is 2.31. The van der Waals surface area contributed by atoms with E-state index in [0.717, 1.165) is 13.0 Å². The molecule has 0 aromatic heterocycles. The van der Waals surface area contributed by atoms with Gasteiger partial charge >= 0.3 is 0 Å². The Bertz CT molecular complexity index is 365. The first-order valence-electron chi connectivity index (χ1n) is 6.26. The number of aliphatic hydroxyl groups excluding tert-OH is 1. The minimum absolute atomic E-state index is 0.259. The van der Waals surface area contributed by atoms with E-state index >= 15 is 0 Å². The standard InChI is InChI=1S/C14H22FNO/c1-5-10(3)16(6-2)14-12(11(4)17)8-7-9-13(14)15/h7-11,17H,5-6H2,1-4H3/t10?,11-/m0/s1. The molecule has 0 heterocycles. The predicted octanol–water partition coefficient (Wildman–Crippen LogP) is 3.50. The van der Waals surface area contributed by atoms with Crippen molar-refractivity contribution in [3.63, 3.8) is 0 Å². The van der Waals surface area contributed by atoms with Gasteiger partial charge in [0.2, 0.25) is 0 Å². The van der Waals surface area contributed by atoms with E-state index in [-0.39, 0.29) is 11.9 Å². The Morgan fingerprint density at radius 2 is 1.94 bits per heavy atom. The van der Waals surface area contributed by atoms with Crippen molar-refractivity contribution in [1.29, 1.82) is 0 Å². The van der Waals surface area contributed by atoms with Gasteiger partial charge in [0.25, 0.3) is 0 Å². The molecule has 0 aliphatic rings. The molecule has 3 heteroatoms. The summed E-state index contributed by atoms with van der Waals surface area (Å²) < 4.78 is 14.0. The molecule has 2 nitrogen and oxygen atoms in total. The first kappa shape index (κ1) is 14.0. The minimum atomic E-state index is -0.654. The third kappa shape index (κ3) is 2.97. The lowest BCUT2D eigenvalue weighted by molar-refractivity contribution is 0.199. The van der Waals surface area contributed by atoms with Gasteiger partial charge in [0.15, 0.2) is 0 Å². The van der Waals surface area contributed by atoms with Crippen LogP contribution in [0, 0.1) is 5.82 Å². The predicted molar refractivity (Wildman–Crippen MR) is 69.8 cm³/mol. The lowest BCUT2D eigenvalue weighted by Gasteiger charge is -2.32. The molecule has 1 rings (SSSR count). The first-order valence-corrected chi connectivity index (χ1v) is 6.26. The monoisotopic (exact) mass is 239 g/mol. The molecular weight excluding hydrogens is 217 g/mol. The topological polar surface area (TPSA) is 23.5 Å². The van der Waals surface area contributed by atoms with Crippen molar-refractivity contribution < 1.29 is 9.50 Å². The van der Waals surface area contributed by atoms with Crippen molar-refractivity contribution >= 4 is 5.69 Å². The van der Waals surface area contributed by atoms with E-state index in [0.29, 0.717) is 11.3 Å². The SMILES string of the molecule is CCC(C)N(CC)c1c(F)cccc1[C@H](C)O. The highest BCUT2D eigenvalue weighted by atomic mass is 19.1. The maximum atomic E-state index is 14.0. The largest absolute Gasteiger partial charge is 0.389 e. The highest BCUT2D eigenvalue weighted by Gasteiger charge is 2.20. The van der Waals surface area contributed by atoms with Gasteiger partial charge in [-0.25, -0.2) is 4.39 Å². The van der Waals surface area contributed by atoms with E-state index in [1.54, 1.807) is 19.1 Å². The Labute approximate surface area is 103 Å². The fourth-order valence-electron chi connectivity index (χ4n) is 2.08. The molecule has 17 heavy (non-hydrogen) atoms. The molecule has 0 spiro atoms. The summed E-state index contributed by atoms with van der Waals surface area (Å²) in [6.07, 6.45) is 0.292. The van der Waals surface area contributed by atoms with Crippen molar-refractivity contribution in [2.45, 2.75) is 46.3 Å². The molecule has 0 saturated heterocycles. The molecule has 0 aliphatic heterocycles. The van der Waals surface area contributed by atoms with Gasteiger partial charge in [0, 0.05) is 18.2 Å². The first-order chi connectivity index (χ1) is 8.02. The number of nitrogens with zero attached hydrogens (tertiary/aromatic N) is 1. The van der Waals surface area contributed by atoms with Gasteiger partial charge in [0.1, 0.15) is 5.82 Å². The molecule has 1 N–H and O–H groups in total. The number of hydrogen-bond donors (Lipinski definition) is 1. The maximum absolute atomic E-state index is 14.0. The quantitative estimate of drug-likeness (QED) is 0.850. The summed E-state index contributed by atoms with van der Waals surface area (Å²) in [7, 11) is 0. The fourth-order valence-corrected chi connectivity index (χ4v) is 2.08. The zero-order valence-corrected chi connectivity index (χ0v) is 11.1. The van der Waals surface area contributed by atoms with Crippen LogP contribution in [0.15, 0.2) is 18.2 Å². The molecule has 0 aliphatic carbocycles. The van der Waals surface area contributed by atoms with Crippen LogP contribution in [0.2, 0.25) is 0 Å². The average molecular weight is 239 g/mol. The normalized spacial score (nSPS) is 14.5. The molecular formula is C14H22FNO. The van der Waals surface area contributed by atoms with Gasteiger partial charge in [-0.15, -0.1) is 0 Å². The molecule has 0 fully saturated rings. The molecule has 1 aromatic carbocycles. The third-order valence-corrected chi connectivity index (χ3v) is 3.22. The summed E-state index contributed by atoms with van der Waals surface area (Å²) in [4.78, 5) is 2.01. The van der Waals surface area contributed by atoms with Crippen LogP contribution in [0.4, 0.5) is 10.1 Å². The van der Waals surface area contributed by atoms with Crippen LogP contribution in [0.1, 0.15) is 45.8 Å². The van der Waals surface area contributed by atoms with Gasteiger partial charge in [0.05, 0.1) is 11.8 Å². The number of benzene rings is 1. The van der Waals surface area contributed by atoms with Crippen molar-refractivity contribution in [2.24, 2.45) is 0 Å². The number of hydrogen-bond acceptors (Lipinski definition) is 2. The summed E-state index contributed by atoms with van der Waals surface area (Å²) in [6, 6.07) is 5.14. The average Bonchev–Trinajstić information content (AvgIpc) is 2.31. The molecule has 1 unspecified atom stereocenters. The molecule has 96 valence electrons. The lowest BCUT2D eigenvalue weighted by Crippen LogP contribution is -2.34. The van der Waals surface area contributed by atoms with E-state index in [9.17, 15) is 9.50 Å². The Morgan fingerprint density at radius 3 is 2.41 bits per heavy atom. The molecule has 0 amide bonds. The van der Waals surface area contributed by atoms with Gasteiger partial charge in [-0.3, -0.25) is 0 Å². The van der Waals surface area contributed by atoms with Crippen LogP contribution in [0.5, 0.6) is 0 Å². The second-order valence-corrected chi connectivity index (χ2v) is 4.40. The van der Waals surface area contributed by atoms with E-state index in [2.05, 4.69) is 13.8 Å². The summed E-state index contributed by atoms with van der Waals surface area (Å²) in [6.45, 7) is 8.56. The van der Waals surface area contributed by atoms with Crippen LogP contribution in [-0.4, -0.2) is 17.7 Å². The minimum Gasteiger partial charge on any atom is -0.389 e. The number of rotatable bonds is 5. The van der Waals surface area contributed by atoms with Crippen LogP contribution >= 0.6 is 0 Å². The molecule has 1 aromatic rings. The van der Waals surface area contributed by atoms with Crippen molar-refractivity contribution in [3.05, 3.63) is 29.6 Å². The van der Waals surface area contributed by atoms with E-state index < -0.39 is 6.10 Å². The Kier molecular flexibility index (Phi) is 4.94. The Morgan fingerprint density at radius 1 is 1.29 bits per heavy atom. The fraction of sp³-hybridized carbons (Fsp3) is 0.571. The zero-order valence-electron chi connectivity index (χ0n) is 11.1. The summed E-state index contributed by atoms with van der Waals surface area (Å²) in [5.74, 6) is -0.259. The zero-order chi connectivity index (χ0) is 13.0. The number of halogens is 1. The summed E-state index contributed by atoms with van der Waals surface area (Å²) >= 11 is 0. The van der Waals surface area contributed by atoms with Gasteiger partial charge < -0.3 is 10.0 Å². The molecule has 0 saturated carbocycles. The van der Waals surface area contributed by atoms with Crippen LogP contribution < -0.4 is 4.90 Å².